The SMILES string of the molecule is CC(Nc1nccc2occc12)c1ccccc1F. The monoisotopic (exact) mass is 256 g/mol. The van der Waals surface area contributed by atoms with Crippen LogP contribution in [0.2, 0.25) is 0 Å². The van der Waals surface area contributed by atoms with Gasteiger partial charge in [-0.15, -0.1) is 0 Å². The van der Waals surface area contributed by atoms with E-state index in [0.29, 0.717) is 11.4 Å². The van der Waals surface area contributed by atoms with Crippen molar-refractivity contribution in [2.24, 2.45) is 0 Å². The van der Waals surface area contributed by atoms with Crippen LogP contribution in [-0.2, 0) is 0 Å². The summed E-state index contributed by atoms with van der Waals surface area (Å²) in [5, 5.41) is 4.11. The van der Waals surface area contributed by atoms with Gasteiger partial charge in [-0.05, 0) is 25.1 Å². The smallest absolute Gasteiger partial charge is 0.139 e. The van der Waals surface area contributed by atoms with Crippen molar-refractivity contribution in [3.05, 3.63) is 60.2 Å². The van der Waals surface area contributed by atoms with Gasteiger partial charge in [0, 0.05) is 11.8 Å². The number of anilines is 1. The van der Waals surface area contributed by atoms with Gasteiger partial charge in [0.15, 0.2) is 0 Å². The number of nitrogens with zero attached hydrogens (tertiary/aromatic N) is 1. The summed E-state index contributed by atoms with van der Waals surface area (Å²) in [4.78, 5) is 4.28. The van der Waals surface area contributed by atoms with Gasteiger partial charge >= 0.3 is 0 Å². The maximum atomic E-state index is 13.7. The van der Waals surface area contributed by atoms with Gasteiger partial charge in [0.25, 0.3) is 0 Å². The lowest BCUT2D eigenvalue weighted by Crippen LogP contribution is -2.09. The molecule has 0 amide bonds. The Hall–Kier alpha value is -2.36. The molecule has 0 bridgehead atoms. The van der Waals surface area contributed by atoms with Crippen molar-refractivity contribution >= 4 is 16.8 Å². The molecule has 0 radical (unpaired) electrons. The second-order valence-electron chi connectivity index (χ2n) is 4.38. The highest BCUT2D eigenvalue weighted by Crippen LogP contribution is 2.26. The van der Waals surface area contributed by atoms with Crippen LogP contribution in [0.25, 0.3) is 11.0 Å². The Morgan fingerprint density at radius 1 is 1.21 bits per heavy atom. The Balaban J connectivity index is 1.93. The highest BCUT2D eigenvalue weighted by atomic mass is 19.1. The van der Waals surface area contributed by atoms with Crippen LogP contribution in [0.15, 0.2) is 53.3 Å². The molecule has 3 nitrogen and oxygen atoms in total. The number of rotatable bonds is 3. The zero-order valence-electron chi connectivity index (χ0n) is 10.4. The molecule has 1 atom stereocenters. The predicted octanol–water partition coefficient (Wildman–Crippen LogP) is 4.14. The Labute approximate surface area is 110 Å². The molecular formula is C15H13FN2O. The van der Waals surface area contributed by atoms with Crippen molar-refractivity contribution in [3.8, 4) is 0 Å². The number of hydrogen-bond donors (Lipinski definition) is 1. The number of hydrogen-bond acceptors (Lipinski definition) is 3. The van der Waals surface area contributed by atoms with Crippen LogP contribution in [0.4, 0.5) is 10.2 Å². The second kappa shape index (κ2) is 4.72. The maximum absolute atomic E-state index is 13.7. The standard InChI is InChI=1S/C15H13FN2O/c1-10(11-4-2-3-5-13(11)16)18-15-12-7-9-19-14(12)6-8-17-15/h2-10H,1H3,(H,17,18). The van der Waals surface area contributed by atoms with Crippen molar-refractivity contribution in [3.63, 3.8) is 0 Å². The van der Waals surface area contributed by atoms with Crippen molar-refractivity contribution in [2.75, 3.05) is 5.32 Å². The number of furan rings is 1. The number of fused-ring (bicyclic) bond motifs is 1. The van der Waals surface area contributed by atoms with Crippen molar-refractivity contribution < 1.29 is 8.81 Å². The third kappa shape index (κ3) is 2.17. The molecule has 0 aliphatic heterocycles. The molecule has 2 heterocycles. The highest BCUT2D eigenvalue weighted by Gasteiger charge is 2.12. The summed E-state index contributed by atoms with van der Waals surface area (Å²) < 4.78 is 19.0. The first-order valence-electron chi connectivity index (χ1n) is 6.09. The molecule has 0 aliphatic carbocycles. The Bertz CT molecular complexity index is 708. The van der Waals surface area contributed by atoms with E-state index in [1.807, 2.05) is 19.1 Å². The van der Waals surface area contributed by atoms with E-state index in [-0.39, 0.29) is 11.9 Å². The number of aromatic nitrogens is 1. The van der Waals surface area contributed by atoms with E-state index < -0.39 is 0 Å². The van der Waals surface area contributed by atoms with Crippen molar-refractivity contribution in [2.45, 2.75) is 13.0 Å². The molecule has 96 valence electrons. The highest BCUT2D eigenvalue weighted by molar-refractivity contribution is 5.87. The van der Waals surface area contributed by atoms with E-state index in [2.05, 4.69) is 10.3 Å². The third-order valence-electron chi connectivity index (χ3n) is 3.10. The third-order valence-corrected chi connectivity index (χ3v) is 3.10. The molecule has 0 aliphatic rings. The molecule has 4 heteroatoms. The molecule has 0 saturated carbocycles. The van der Waals surface area contributed by atoms with Gasteiger partial charge < -0.3 is 9.73 Å². The summed E-state index contributed by atoms with van der Waals surface area (Å²) in [6.45, 7) is 1.90. The Morgan fingerprint density at radius 3 is 2.89 bits per heavy atom. The molecule has 1 aromatic carbocycles. The van der Waals surface area contributed by atoms with Gasteiger partial charge in [0.1, 0.15) is 17.2 Å². The second-order valence-corrected chi connectivity index (χ2v) is 4.38. The molecule has 19 heavy (non-hydrogen) atoms. The van der Waals surface area contributed by atoms with Crippen LogP contribution in [0.5, 0.6) is 0 Å². The minimum atomic E-state index is -0.220. The zero-order valence-corrected chi connectivity index (χ0v) is 10.4. The lowest BCUT2D eigenvalue weighted by Gasteiger charge is -2.15. The normalized spacial score (nSPS) is 12.5. The number of halogens is 1. The predicted molar refractivity (Wildman–Crippen MR) is 72.4 cm³/mol. The first-order valence-corrected chi connectivity index (χ1v) is 6.09. The minimum Gasteiger partial charge on any atom is -0.464 e. The summed E-state index contributed by atoms with van der Waals surface area (Å²) in [7, 11) is 0. The van der Waals surface area contributed by atoms with Crippen LogP contribution in [0.1, 0.15) is 18.5 Å². The fourth-order valence-electron chi connectivity index (χ4n) is 2.12. The summed E-state index contributed by atoms with van der Waals surface area (Å²) in [5.41, 5.74) is 1.38. The number of pyridine rings is 1. The van der Waals surface area contributed by atoms with Gasteiger partial charge in [0.05, 0.1) is 17.7 Å². The van der Waals surface area contributed by atoms with E-state index in [9.17, 15) is 4.39 Å². The van der Waals surface area contributed by atoms with Gasteiger partial charge in [-0.2, -0.15) is 0 Å². The fraction of sp³-hybridized carbons (Fsp3) is 0.133. The van der Waals surface area contributed by atoms with Crippen molar-refractivity contribution in [1.82, 2.24) is 4.98 Å². The molecule has 2 aromatic heterocycles. The molecule has 3 aromatic rings. The molecule has 0 saturated heterocycles. The molecule has 1 N–H and O–H groups in total. The van der Waals surface area contributed by atoms with Gasteiger partial charge in [0.2, 0.25) is 0 Å². The fourth-order valence-corrected chi connectivity index (χ4v) is 2.12. The molecule has 1 unspecified atom stereocenters. The summed E-state index contributed by atoms with van der Waals surface area (Å²) in [6.07, 6.45) is 3.29. The largest absolute Gasteiger partial charge is 0.464 e. The number of nitrogens with one attached hydrogen (secondary N) is 1. The average Bonchev–Trinajstić information content (AvgIpc) is 2.88. The quantitative estimate of drug-likeness (QED) is 0.765. The molecular weight excluding hydrogens is 243 g/mol. The van der Waals surface area contributed by atoms with Gasteiger partial charge in [-0.3, -0.25) is 0 Å². The first-order chi connectivity index (χ1) is 9.25. The Kier molecular flexibility index (Phi) is 2.91. The minimum absolute atomic E-state index is 0.172. The number of benzene rings is 1. The topological polar surface area (TPSA) is 38.1 Å². The summed E-state index contributed by atoms with van der Waals surface area (Å²) in [5.74, 6) is 0.476. The van der Waals surface area contributed by atoms with E-state index in [4.69, 9.17) is 4.42 Å². The van der Waals surface area contributed by atoms with Gasteiger partial charge in [-0.1, -0.05) is 18.2 Å². The van der Waals surface area contributed by atoms with E-state index in [1.54, 1.807) is 30.7 Å². The van der Waals surface area contributed by atoms with E-state index in [1.165, 1.54) is 6.07 Å². The summed E-state index contributed by atoms with van der Waals surface area (Å²) >= 11 is 0. The Morgan fingerprint density at radius 2 is 2.05 bits per heavy atom. The molecule has 0 fully saturated rings. The van der Waals surface area contributed by atoms with Crippen LogP contribution in [0.3, 0.4) is 0 Å². The van der Waals surface area contributed by atoms with E-state index >= 15 is 0 Å². The first kappa shape index (κ1) is 11.7. The van der Waals surface area contributed by atoms with Crippen LogP contribution in [-0.4, -0.2) is 4.98 Å². The lowest BCUT2D eigenvalue weighted by atomic mass is 10.1. The van der Waals surface area contributed by atoms with Crippen LogP contribution < -0.4 is 5.32 Å². The van der Waals surface area contributed by atoms with Crippen molar-refractivity contribution in [1.29, 1.82) is 0 Å². The summed E-state index contributed by atoms with van der Waals surface area (Å²) in [6, 6.07) is 10.2. The lowest BCUT2D eigenvalue weighted by molar-refractivity contribution is 0.600. The van der Waals surface area contributed by atoms with E-state index in [0.717, 1.165) is 11.0 Å². The van der Waals surface area contributed by atoms with Gasteiger partial charge in [-0.25, -0.2) is 9.37 Å². The maximum Gasteiger partial charge on any atom is 0.139 e. The van der Waals surface area contributed by atoms with Crippen LogP contribution in [0, 0.1) is 5.82 Å². The molecule has 3 rings (SSSR count). The van der Waals surface area contributed by atoms with Crippen LogP contribution >= 0.6 is 0 Å². The zero-order chi connectivity index (χ0) is 13.2. The molecule has 0 spiro atoms. The average molecular weight is 256 g/mol.